The smallest absolute Gasteiger partial charge is 0.416 e. The van der Waals surface area contributed by atoms with Crippen molar-refractivity contribution in [2.45, 2.75) is 6.18 Å². The summed E-state index contributed by atoms with van der Waals surface area (Å²) >= 11 is 0. The molecule has 0 atom stereocenters. The van der Waals surface area contributed by atoms with Crippen molar-refractivity contribution in [3.63, 3.8) is 0 Å². The van der Waals surface area contributed by atoms with Crippen molar-refractivity contribution < 1.29 is 22.6 Å². The number of rotatable bonds is 3. The molecule has 0 saturated carbocycles. The van der Waals surface area contributed by atoms with E-state index in [1.54, 1.807) is 31.4 Å². The van der Waals surface area contributed by atoms with Crippen LogP contribution in [0.1, 0.15) is 5.56 Å². The van der Waals surface area contributed by atoms with Gasteiger partial charge in [0.15, 0.2) is 0 Å². The molecule has 0 aliphatic rings. The Labute approximate surface area is 108 Å². The van der Waals surface area contributed by atoms with Gasteiger partial charge in [-0.25, -0.2) is 0 Å². The van der Waals surface area contributed by atoms with Gasteiger partial charge in [0.1, 0.15) is 17.2 Å². The molecule has 2 nitrogen and oxygen atoms in total. The van der Waals surface area contributed by atoms with Crippen LogP contribution >= 0.6 is 0 Å². The van der Waals surface area contributed by atoms with Gasteiger partial charge in [0, 0.05) is 0 Å². The molecular weight excluding hydrogens is 257 g/mol. The molecular formula is C14H11F3O2. The van der Waals surface area contributed by atoms with Gasteiger partial charge < -0.3 is 9.47 Å². The van der Waals surface area contributed by atoms with Crippen molar-refractivity contribution in [2.75, 3.05) is 7.11 Å². The number of alkyl halides is 3. The number of benzene rings is 2. The normalized spacial score (nSPS) is 11.2. The van der Waals surface area contributed by atoms with Gasteiger partial charge in [-0.05, 0) is 48.5 Å². The second kappa shape index (κ2) is 5.22. The Kier molecular flexibility index (Phi) is 3.64. The van der Waals surface area contributed by atoms with Crippen LogP contribution in [0, 0.1) is 0 Å². The Balaban J connectivity index is 2.10. The zero-order chi connectivity index (χ0) is 13.9. The van der Waals surface area contributed by atoms with Crippen molar-refractivity contribution in [2.24, 2.45) is 0 Å². The summed E-state index contributed by atoms with van der Waals surface area (Å²) in [7, 11) is 1.55. The van der Waals surface area contributed by atoms with Crippen molar-refractivity contribution in [3.8, 4) is 17.2 Å². The van der Waals surface area contributed by atoms with Crippen LogP contribution in [0.15, 0.2) is 48.5 Å². The summed E-state index contributed by atoms with van der Waals surface area (Å²) in [5, 5.41) is 0. The lowest BCUT2D eigenvalue weighted by atomic mass is 10.2. The molecule has 0 fully saturated rings. The number of hydrogen-bond acceptors (Lipinski definition) is 2. The Morgan fingerprint density at radius 2 is 1.16 bits per heavy atom. The molecule has 0 amide bonds. The van der Waals surface area contributed by atoms with E-state index in [-0.39, 0.29) is 0 Å². The summed E-state index contributed by atoms with van der Waals surface area (Å²) < 4.78 is 47.5. The second-order valence-electron chi connectivity index (χ2n) is 3.80. The topological polar surface area (TPSA) is 18.5 Å². The third-order valence-corrected chi connectivity index (χ3v) is 2.48. The average Bonchev–Trinajstić information content (AvgIpc) is 2.39. The molecule has 100 valence electrons. The molecule has 0 aliphatic carbocycles. The summed E-state index contributed by atoms with van der Waals surface area (Å²) in [6, 6.07) is 11.3. The van der Waals surface area contributed by atoms with Crippen LogP contribution < -0.4 is 9.47 Å². The maximum Gasteiger partial charge on any atom is 0.416 e. The minimum atomic E-state index is -4.33. The van der Waals surface area contributed by atoms with Gasteiger partial charge in [0.25, 0.3) is 0 Å². The Morgan fingerprint density at radius 3 is 1.58 bits per heavy atom. The quantitative estimate of drug-likeness (QED) is 0.815. The first-order chi connectivity index (χ1) is 8.99. The summed E-state index contributed by atoms with van der Waals surface area (Å²) in [6.45, 7) is 0. The van der Waals surface area contributed by atoms with Gasteiger partial charge in [0.05, 0.1) is 12.7 Å². The monoisotopic (exact) mass is 268 g/mol. The zero-order valence-electron chi connectivity index (χ0n) is 10.1. The fourth-order valence-corrected chi connectivity index (χ4v) is 1.49. The summed E-state index contributed by atoms with van der Waals surface area (Å²) in [4.78, 5) is 0. The predicted octanol–water partition coefficient (Wildman–Crippen LogP) is 4.51. The third-order valence-electron chi connectivity index (χ3n) is 2.48. The molecule has 0 aromatic heterocycles. The molecule has 0 bridgehead atoms. The number of ether oxygens (including phenoxy) is 2. The van der Waals surface area contributed by atoms with Crippen LogP contribution in [0.5, 0.6) is 17.2 Å². The van der Waals surface area contributed by atoms with Crippen molar-refractivity contribution in [1.82, 2.24) is 0 Å². The first-order valence-corrected chi connectivity index (χ1v) is 5.48. The van der Waals surface area contributed by atoms with Crippen LogP contribution in [0.2, 0.25) is 0 Å². The lowest BCUT2D eigenvalue weighted by Gasteiger charge is -2.09. The maximum absolute atomic E-state index is 12.4. The van der Waals surface area contributed by atoms with Gasteiger partial charge >= 0.3 is 6.18 Å². The SMILES string of the molecule is COc1ccc(Oc2ccc(C(F)(F)F)cc2)cc1. The predicted molar refractivity (Wildman–Crippen MR) is 64.5 cm³/mol. The van der Waals surface area contributed by atoms with Crippen molar-refractivity contribution in [1.29, 1.82) is 0 Å². The van der Waals surface area contributed by atoms with Gasteiger partial charge in [-0.1, -0.05) is 0 Å². The van der Waals surface area contributed by atoms with Crippen LogP contribution in [0.4, 0.5) is 13.2 Å². The van der Waals surface area contributed by atoms with Gasteiger partial charge in [-0.3, -0.25) is 0 Å². The van der Waals surface area contributed by atoms with E-state index in [4.69, 9.17) is 9.47 Å². The molecule has 0 spiro atoms. The van der Waals surface area contributed by atoms with E-state index in [1.807, 2.05) is 0 Å². The molecule has 0 radical (unpaired) electrons. The van der Waals surface area contributed by atoms with E-state index in [0.717, 1.165) is 12.1 Å². The van der Waals surface area contributed by atoms with E-state index in [1.165, 1.54) is 12.1 Å². The van der Waals surface area contributed by atoms with E-state index in [0.29, 0.717) is 17.2 Å². The van der Waals surface area contributed by atoms with Crippen LogP contribution in [0.25, 0.3) is 0 Å². The van der Waals surface area contributed by atoms with E-state index >= 15 is 0 Å². The molecule has 2 rings (SSSR count). The van der Waals surface area contributed by atoms with Crippen LogP contribution in [-0.2, 0) is 6.18 Å². The highest BCUT2D eigenvalue weighted by molar-refractivity contribution is 5.36. The molecule has 19 heavy (non-hydrogen) atoms. The molecule has 0 unspecified atom stereocenters. The second-order valence-corrected chi connectivity index (χ2v) is 3.80. The van der Waals surface area contributed by atoms with Crippen LogP contribution in [-0.4, -0.2) is 7.11 Å². The molecule has 0 N–H and O–H groups in total. The van der Waals surface area contributed by atoms with Gasteiger partial charge in [0.2, 0.25) is 0 Å². The summed E-state index contributed by atoms with van der Waals surface area (Å²) in [5.74, 6) is 1.55. The fraction of sp³-hybridized carbons (Fsp3) is 0.143. The standard InChI is InChI=1S/C14H11F3O2/c1-18-11-6-8-13(9-7-11)19-12-4-2-10(3-5-12)14(15,16)17/h2-9H,1H3. The van der Waals surface area contributed by atoms with E-state index in [9.17, 15) is 13.2 Å². The van der Waals surface area contributed by atoms with Crippen molar-refractivity contribution >= 4 is 0 Å². The Morgan fingerprint density at radius 1 is 0.737 bits per heavy atom. The third kappa shape index (κ3) is 3.40. The van der Waals surface area contributed by atoms with E-state index in [2.05, 4.69) is 0 Å². The number of halogens is 3. The molecule has 0 saturated heterocycles. The Hall–Kier alpha value is -2.17. The van der Waals surface area contributed by atoms with Crippen LogP contribution in [0.3, 0.4) is 0 Å². The van der Waals surface area contributed by atoms with Gasteiger partial charge in [-0.2, -0.15) is 13.2 Å². The highest BCUT2D eigenvalue weighted by Crippen LogP contribution is 2.31. The molecule has 2 aromatic carbocycles. The molecule has 0 heterocycles. The molecule has 0 aliphatic heterocycles. The minimum Gasteiger partial charge on any atom is -0.497 e. The summed E-state index contributed by atoms with van der Waals surface area (Å²) in [5.41, 5.74) is -0.699. The fourth-order valence-electron chi connectivity index (χ4n) is 1.49. The largest absolute Gasteiger partial charge is 0.497 e. The van der Waals surface area contributed by atoms with E-state index < -0.39 is 11.7 Å². The molecule has 5 heteroatoms. The van der Waals surface area contributed by atoms with Gasteiger partial charge in [-0.15, -0.1) is 0 Å². The first kappa shape index (κ1) is 13.3. The Bertz CT molecular complexity index is 530. The highest BCUT2D eigenvalue weighted by atomic mass is 19.4. The first-order valence-electron chi connectivity index (χ1n) is 5.48. The number of methoxy groups -OCH3 is 1. The highest BCUT2D eigenvalue weighted by Gasteiger charge is 2.29. The zero-order valence-corrected chi connectivity index (χ0v) is 10.1. The minimum absolute atomic E-state index is 0.346. The number of hydrogen-bond donors (Lipinski definition) is 0. The lowest BCUT2D eigenvalue weighted by Crippen LogP contribution is -2.03. The summed E-state index contributed by atoms with van der Waals surface area (Å²) in [6.07, 6.45) is -4.33. The molecule has 2 aromatic rings. The lowest BCUT2D eigenvalue weighted by molar-refractivity contribution is -0.137. The average molecular weight is 268 g/mol. The van der Waals surface area contributed by atoms with Crippen molar-refractivity contribution in [3.05, 3.63) is 54.1 Å². The maximum atomic E-state index is 12.4.